The number of nitrogens with zero attached hydrogens (tertiary/aromatic N) is 2. The van der Waals surface area contributed by atoms with Crippen LogP contribution in [-0.4, -0.2) is 42.4 Å². The van der Waals surface area contributed by atoms with E-state index in [0.717, 1.165) is 36.4 Å². The summed E-state index contributed by atoms with van der Waals surface area (Å²) in [6, 6.07) is 16.9. The molecule has 0 unspecified atom stereocenters. The second-order valence-corrected chi connectivity index (χ2v) is 8.46. The Bertz CT molecular complexity index is 1060. The molecule has 0 aliphatic carbocycles. The fourth-order valence-corrected chi connectivity index (χ4v) is 5.34. The first-order valence-corrected chi connectivity index (χ1v) is 10.1. The van der Waals surface area contributed by atoms with Gasteiger partial charge in [0.1, 0.15) is 11.3 Å². The molecule has 3 heterocycles. The number of aryl methyl sites for hydroxylation is 2. The van der Waals surface area contributed by atoms with Crippen LogP contribution in [0.3, 0.4) is 0 Å². The summed E-state index contributed by atoms with van der Waals surface area (Å²) in [4.78, 5) is 17.9. The second-order valence-electron chi connectivity index (χ2n) is 8.46. The van der Waals surface area contributed by atoms with Gasteiger partial charge in [-0.05, 0) is 50.1 Å². The van der Waals surface area contributed by atoms with Gasteiger partial charge in [0.05, 0.1) is 5.56 Å². The lowest BCUT2D eigenvalue weighted by Crippen LogP contribution is -2.33. The summed E-state index contributed by atoms with van der Waals surface area (Å²) in [5, 5.41) is 1.00. The van der Waals surface area contributed by atoms with Crippen LogP contribution in [0.2, 0.25) is 0 Å². The number of halogens is 1. The molecule has 2 saturated heterocycles. The molecule has 0 N–H and O–H groups in total. The van der Waals surface area contributed by atoms with E-state index in [-0.39, 0.29) is 18.3 Å². The summed E-state index contributed by atoms with van der Waals surface area (Å²) in [7, 11) is 2.22. The van der Waals surface area contributed by atoms with Gasteiger partial charge in [-0.2, -0.15) is 0 Å². The third-order valence-electron chi connectivity index (χ3n) is 6.59. The van der Waals surface area contributed by atoms with E-state index in [1.165, 1.54) is 11.1 Å². The predicted molar refractivity (Wildman–Crippen MR) is 118 cm³/mol. The predicted octanol–water partition coefficient (Wildman–Crippen LogP) is 4.85. The number of amides is 1. The van der Waals surface area contributed by atoms with Crippen molar-refractivity contribution < 1.29 is 9.21 Å². The Morgan fingerprint density at radius 3 is 2.62 bits per heavy atom. The Hall–Kier alpha value is -2.30. The van der Waals surface area contributed by atoms with Gasteiger partial charge in [-0.25, -0.2) is 0 Å². The quantitative estimate of drug-likeness (QED) is 0.606. The van der Waals surface area contributed by atoms with Crippen LogP contribution < -0.4 is 0 Å². The zero-order chi connectivity index (χ0) is 19.4. The lowest BCUT2D eigenvalue weighted by atomic mass is 9.88. The molecule has 0 spiro atoms. The van der Waals surface area contributed by atoms with Crippen LogP contribution in [-0.2, 0) is 0 Å². The number of hydrogen-bond acceptors (Lipinski definition) is 3. The summed E-state index contributed by atoms with van der Waals surface area (Å²) in [5.41, 5.74) is 4.14. The highest BCUT2D eigenvalue weighted by Gasteiger charge is 2.47. The van der Waals surface area contributed by atoms with Crippen LogP contribution in [0, 0.1) is 25.7 Å². The number of fused-ring (bicyclic) bond motifs is 2. The van der Waals surface area contributed by atoms with Crippen molar-refractivity contribution in [2.75, 3.05) is 26.7 Å². The zero-order valence-electron chi connectivity index (χ0n) is 17.1. The van der Waals surface area contributed by atoms with E-state index in [1.54, 1.807) is 0 Å². The monoisotopic (exact) mass is 410 g/mol. The number of para-hydroxylation sites is 1. The van der Waals surface area contributed by atoms with Gasteiger partial charge in [-0.1, -0.05) is 36.4 Å². The summed E-state index contributed by atoms with van der Waals surface area (Å²) < 4.78 is 5.84. The summed E-state index contributed by atoms with van der Waals surface area (Å²) in [6.45, 7) is 6.79. The minimum absolute atomic E-state index is 0. The Kier molecular flexibility index (Phi) is 5.18. The molecule has 3 atom stereocenters. The van der Waals surface area contributed by atoms with Crippen molar-refractivity contribution in [1.29, 1.82) is 0 Å². The van der Waals surface area contributed by atoms with Crippen molar-refractivity contribution in [3.63, 3.8) is 0 Å². The van der Waals surface area contributed by atoms with Gasteiger partial charge in [-0.15, -0.1) is 12.4 Å². The fraction of sp³-hybridized carbons (Fsp3) is 0.375. The lowest BCUT2D eigenvalue weighted by molar-refractivity contribution is 0.0768. The second kappa shape index (κ2) is 7.51. The molecule has 0 saturated carbocycles. The molecular formula is C24H27ClN2O2. The maximum Gasteiger partial charge on any atom is 0.257 e. The highest BCUT2D eigenvalue weighted by molar-refractivity contribution is 6.05. The van der Waals surface area contributed by atoms with Crippen molar-refractivity contribution in [2.24, 2.45) is 11.8 Å². The van der Waals surface area contributed by atoms with Crippen molar-refractivity contribution in [1.82, 2.24) is 9.80 Å². The van der Waals surface area contributed by atoms with Gasteiger partial charge >= 0.3 is 0 Å². The van der Waals surface area contributed by atoms with Gasteiger partial charge in [0.15, 0.2) is 0 Å². The standard InChI is InChI=1S/C24H26N2O2.ClH/c1-15-7-4-5-9-19(15)22-21-14-26(13-18(21)12-25(22)3)24(27)20-10-6-8-17-11-16(2)28-23(17)20;/h4-11,18,21-22H,12-14H2,1-3H3;1H/t18-,21+,22-;/m0./s1. The van der Waals surface area contributed by atoms with Crippen LogP contribution in [0.4, 0.5) is 0 Å². The van der Waals surface area contributed by atoms with Gasteiger partial charge in [0, 0.05) is 37.0 Å². The smallest absolute Gasteiger partial charge is 0.257 e. The summed E-state index contributed by atoms with van der Waals surface area (Å²) in [5.74, 6) is 1.94. The molecule has 2 fully saturated rings. The van der Waals surface area contributed by atoms with E-state index >= 15 is 0 Å². The summed E-state index contributed by atoms with van der Waals surface area (Å²) in [6.07, 6.45) is 0. The molecule has 152 valence electrons. The molecule has 2 aliphatic rings. The molecule has 3 aromatic rings. The van der Waals surface area contributed by atoms with Gasteiger partial charge < -0.3 is 9.32 Å². The Morgan fingerprint density at radius 1 is 1.03 bits per heavy atom. The van der Waals surface area contributed by atoms with Crippen LogP contribution >= 0.6 is 12.4 Å². The van der Waals surface area contributed by atoms with Crippen LogP contribution in [0.15, 0.2) is 52.9 Å². The SMILES string of the molecule is Cc1cc2cccc(C(=O)N3C[C@@H]4CN(C)[C@@H](c5ccccc5C)[C@@H]4C3)c2o1.Cl. The first-order valence-electron chi connectivity index (χ1n) is 10.1. The molecule has 2 aliphatic heterocycles. The third-order valence-corrected chi connectivity index (χ3v) is 6.59. The number of rotatable bonds is 2. The minimum Gasteiger partial charge on any atom is -0.461 e. The molecule has 4 nitrogen and oxygen atoms in total. The first kappa shape index (κ1) is 20.0. The third kappa shape index (κ3) is 3.24. The average molecular weight is 411 g/mol. The van der Waals surface area contributed by atoms with Gasteiger partial charge in [0.2, 0.25) is 0 Å². The van der Waals surface area contributed by atoms with E-state index in [4.69, 9.17) is 4.42 Å². The Morgan fingerprint density at radius 2 is 1.83 bits per heavy atom. The molecule has 0 radical (unpaired) electrons. The number of likely N-dealkylation sites (tertiary alicyclic amines) is 2. The highest BCUT2D eigenvalue weighted by Crippen LogP contribution is 2.45. The van der Waals surface area contributed by atoms with Crippen LogP contribution in [0.1, 0.15) is 33.3 Å². The van der Waals surface area contributed by atoms with E-state index in [2.05, 4.69) is 43.1 Å². The molecule has 1 amide bonds. The van der Waals surface area contributed by atoms with Crippen molar-refractivity contribution in [2.45, 2.75) is 19.9 Å². The molecule has 5 heteroatoms. The fourth-order valence-electron chi connectivity index (χ4n) is 5.34. The van der Waals surface area contributed by atoms with Crippen molar-refractivity contribution >= 4 is 29.3 Å². The maximum atomic E-state index is 13.3. The van der Waals surface area contributed by atoms with Gasteiger partial charge in [-0.3, -0.25) is 9.69 Å². The molecule has 1 aromatic heterocycles. The van der Waals surface area contributed by atoms with E-state index < -0.39 is 0 Å². The van der Waals surface area contributed by atoms with Crippen molar-refractivity contribution in [3.05, 3.63) is 71.0 Å². The minimum atomic E-state index is 0. The zero-order valence-corrected chi connectivity index (χ0v) is 17.9. The average Bonchev–Trinajstić information content (AvgIpc) is 3.32. The number of carbonyl (C=O) groups is 1. The Labute approximate surface area is 177 Å². The number of furan rings is 1. The molecular weight excluding hydrogens is 384 g/mol. The van der Waals surface area contributed by atoms with Crippen molar-refractivity contribution in [3.8, 4) is 0 Å². The number of benzene rings is 2. The van der Waals surface area contributed by atoms with Crippen LogP contribution in [0.25, 0.3) is 11.0 Å². The summed E-state index contributed by atoms with van der Waals surface area (Å²) >= 11 is 0. The lowest BCUT2D eigenvalue weighted by Gasteiger charge is -2.28. The van der Waals surface area contributed by atoms with Gasteiger partial charge in [0.25, 0.3) is 5.91 Å². The number of carbonyl (C=O) groups excluding carboxylic acids is 1. The number of hydrogen-bond donors (Lipinski definition) is 0. The Balaban J connectivity index is 0.00000205. The normalized spacial score (nSPS) is 24.0. The molecule has 5 rings (SSSR count). The molecule has 0 bridgehead atoms. The largest absolute Gasteiger partial charge is 0.461 e. The van der Waals surface area contributed by atoms with E-state index in [1.807, 2.05) is 36.1 Å². The van der Waals surface area contributed by atoms with Crippen LogP contribution in [0.5, 0.6) is 0 Å². The topological polar surface area (TPSA) is 36.7 Å². The van der Waals surface area contributed by atoms with E-state index in [9.17, 15) is 4.79 Å². The molecule has 29 heavy (non-hydrogen) atoms. The molecule has 2 aromatic carbocycles. The first-order chi connectivity index (χ1) is 13.5. The highest BCUT2D eigenvalue weighted by atomic mass is 35.5. The maximum absolute atomic E-state index is 13.3. The van der Waals surface area contributed by atoms with E-state index in [0.29, 0.717) is 23.4 Å².